The first-order valence-electron chi connectivity index (χ1n) is 4.43. The highest BCUT2D eigenvalue weighted by molar-refractivity contribution is 7.90. The van der Waals surface area contributed by atoms with Crippen LogP contribution in [0.2, 0.25) is 0 Å². The van der Waals surface area contributed by atoms with Crippen LogP contribution in [-0.4, -0.2) is 27.0 Å². The Labute approximate surface area is 93.2 Å². The van der Waals surface area contributed by atoms with Gasteiger partial charge in [0.25, 0.3) is 0 Å². The Morgan fingerprint density at radius 1 is 1.50 bits per heavy atom. The normalized spacial score (nSPS) is 10.8. The van der Waals surface area contributed by atoms with Gasteiger partial charge in [0.2, 0.25) is 0 Å². The minimum absolute atomic E-state index is 0.0613. The molecule has 0 aliphatic rings. The smallest absolute Gasteiger partial charge is 0.150 e. The van der Waals surface area contributed by atoms with Crippen LogP contribution in [0.4, 0.5) is 4.39 Å². The van der Waals surface area contributed by atoms with E-state index in [4.69, 9.17) is 10.00 Å². The first kappa shape index (κ1) is 12.5. The summed E-state index contributed by atoms with van der Waals surface area (Å²) in [5.74, 6) is -0.792. The molecular formula is C10H10FNO3S. The van der Waals surface area contributed by atoms with Gasteiger partial charge >= 0.3 is 0 Å². The molecule has 0 atom stereocenters. The molecule has 0 fully saturated rings. The monoisotopic (exact) mass is 243 g/mol. The van der Waals surface area contributed by atoms with Gasteiger partial charge in [0.05, 0.1) is 5.75 Å². The summed E-state index contributed by atoms with van der Waals surface area (Å²) >= 11 is 0. The van der Waals surface area contributed by atoms with Gasteiger partial charge in [0, 0.05) is 6.26 Å². The molecule has 16 heavy (non-hydrogen) atoms. The Bertz CT molecular complexity index is 519. The maximum atomic E-state index is 13.1. The van der Waals surface area contributed by atoms with E-state index in [0.717, 1.165) is 12.3 Å². The van der Waals surface area contributed by atoms with Gasteiger partial charge in [-0.15, -0.1) is 0 Å². The molecular weight excluding hydrogens is 233 g/mol. The summed E-state index contributed by atoms with van der Waals surface area (Å²) in [4.78, 5) is 0. The van der Waals surface area contributed by atoms with Gasteiger partial charge in [-0.1, -0.05) is 6.07 Å². The van der Waals surface area contributed by atoms with E-state index in [-0.39, 0.29) is 23.7 Å². The van der Waals surface area contributed by atoms with Crippen molar-refractivity contribution in [2.24, 2.45) is 0 Å². The highest BCUT2D eigenvalue weighted by Gasteiger charge is 2.09. The maximum absolute atomic E-state index is 13.1. The number of benzene rings is 1. The van der Waals surface area contributed by atoms with Crippen LogP contribution in [0.15, 0.2) is 18.2 Å². The second-order valence-electron chi connectivity index (χ2n) is 3.20. The minimum atomic E-state index is -3.13. The van der Waals surface area contributed by atoms with E-state index in [9.17, 15) is 12.8 Å². The average Bonchev–Trinajstić information content (AvgIpc) is 2.16. The fourth-order valence-corrected chi connectivity index (χ4v) is 1.42. The zero-order valence-corrected chi connectivity index (χ0v) is 9.42. The molecule has 0 aromatic heterocycles. The van der Waals surface area contributed by atoms with Crippen molar-refractivity contribution < 1.29 is 17.5 Å². The van der Waals surface area contributed by atoms with Crippen LogP contribution >= 0.6 is 0 Å². The van der Waals surface area contributed by atoms with Crippen molar-refractivity contribution in [2.45, 2.75) is 0 Å². The third-order valence-corrected chi connectivity index (χ3v) is 2.71. The first-order valence-corrected chi connectivity index (χ1v) is 6.49. The Kier molecular flexibility index (Phi) is 3.85. The molecule has 0 radical (unpaired) electrons. The van der Waals surface area contributed by atoms with Gasteiger partial charge in [-0.2, -0.15) is 5.26 Å². The summed E-state index contributed by atoms with van der Waals surface area (Å²) in [5.41, 5.74) is -0.212. The lowest BCUT2D eigenvalue weighted by molar-refractivity contribution is 0.338. The molecule has 86 valence electrons. The van der Waals surface area contributed by atoms with Crippen LogP contribution in [0.5, 0.6) is 5.75 Å². The highest BCUT2D eigenvalue weighted by atomic mass is 32.2. The van der Waals surface area contributed by atoms with Gasteiger partial charge in [0.15, 0.2) is 9.84 Å². The number of nitriles is 1. The quantitative estimate of drug-likeness (QED) is 0.794. The number of rotatable bonds is 4. The van der Waals surface area contributed by atoms with E-state index in [2.05, 4.69) is 0 Å². The van der Waals surface area contributed by atoms with Crippen LogP contribution in [0, 0.1) is 17.1 Å². The van der Waals surface area contributed by atoms with Gasteiger partial charge in [-0.05, 0) is 12.1 Å². The standard InChI is InChI=1S/C10H10FNO3S/c1-16(13,14)6-5-15-10-4-2-3-9(11)8(10)7-12/h2-4H,5-6H2,1H3. The summed E-state index contributed by atoms with van der Waals surface area (Å²) in [6.07, 6.45) is 1.08. The third kappa shape index (κ3) is 3.51. The number of halogens is 1. The number of ether oxygens (including phenoxy) is 1. The maximum Gasteiger partial charge on any atom is 0.150 e. The summed E-state index contributed by atoms with van der Waals surface area (Å²) in [6, 6.07) is 5.62. The molecule has 6 heteroatoms. The topological polar surface area (TPSA) is 67.2 Å². The van der Waals surface area contributed by atoms with E-state index in [1.54, 1.807) is 6.07 Å². The molecule has 0 unspecified atom stereocenters. The first-order chi connectivity index (χ1) is 7.44. The third-order valence-electron chi connectivity index (χ3n) is 1.80. The number of nitrogens with zero attached hydrogens (tertiary/aromatic N) is 1. The molecule has 0 heterocycles. The Morgan fingerprint density at radius 2 is 2.19 bits per heavy atom. The molecule has 4 nitrogen and oxygen atoms in total. The number of sulfone groups is 1. The van der Waals surface area contributed by atoms with Gasteiger partial charge < -0.3 is 4.74 Å². The van der Waals surface area contributed by atoms with Crippen LogP contribution < -0.4 is 4.74 Å². The van der Waals surface area contributed by atoms with Gasteiger partial charge in [-0.3, -0.25) is 0 Å². The SMILES string of the molecule is CS(=O)(=O)CCOc1cccc(F)c1C#N. The molecule has 1 aromatic carbocycles. The van der Waals surface area contributed by atoms with Crippen molar-refractivity contribution in [2.75, 3.05) is 18.6 Å². The Hall–Kier alpha value is -1.61. The largest absolute Gasteiger partial charge is 0.491 e. The van der Waals surface area contributed by atoms with Crippen molar-refractivity contribution in [3.63, 3.8) is 0 Å². The minimum Gasteiger partial charge on any atom is -0.491 e. The van der Waals surface area contributed by atoms with Crippen LogP contribution in [-0.2, 0) is 9.84 Å². The highest BCUT2D eigenvalue weighted by Crippen LogP contribution is 2.20. The van der Waals surface area contributed by atoms with E-state index >= 15 is 0 Å². The second-order valence-corrected chi connectivity index (χ2v) is 5.46. The zero-order chi connectivity index (χ0) is 12.2. The number of hydrogen-bond acceptors (Lipinski definition) is 4. The Balaban J connectivity index is 2.76. The van der Waals surface area contributed by atoms with Crippen molar-refractivity contribution in [1.29, 1.82) is 5.26 Å². The lowest BCUT2D eigenvalue weighted by atomic mass is 10.2. The predicted molar refractivity (Wildman–Crippen MR) is 56.3 cm³/mol. The lowest BCUT2D eigenvalue weighted by Crippen LogP contribution is -2.12. The molecule has 1 aromatic rings. The molecule has 0 aliphatic heterocycles. The predicted octanol–water partition coefficient (Wildman–Crippen LogP) is 1.12. The lowest BCUT2D eigenvalue weighted by Gasteiger charge is -2.07. The van der Waals surface area contributed by atoms with Crippen LogP contribution in [0.25, 0.3) is 0 Å². The van der Waals surface area contributed by atoms with Crippen molar-refractivity contribution in [1.82, 2.24) is 0 Å². The molecule has 0 saturated heterocycles. The number of hydrogen-bond donors (Lipinski definition) is 0. The molecule has 0 aliphatic carbocycles. The van der Waals surface area contributed by atoms with Crippen LogP contribution in [0.3, 0.4) is 0 Å². The van der Waals surface area contributed by atoms with E-state index < -0.39 is 15.7 Å². The molecule has 0 N–H and O–H groups in total. The molecule has 0 spiro atoms. The summed E-state index contributed by atoms with van der Waals surface area (Å²) in [6.45, 7) is -0.100. The molecule has 1 rings (SSSR count). The second kappa shape index (κ2) is 4.94. The summed E-state index contributed by atoms with van der Waals surface area (Å²) < 4.78 is 39.8. The molecule has 0 saturated carbocycles. The summed E-state index contributed by atoms with van der Waals surface area (Å²) in [7, 11) is -3.13. The van der Waals surface area contributed by atoms with E-state index in [0.29, 0.717) is 0 Å². The zero-order valence-electron chi connectivity index (χ0n) is 8.60. The van der Waals surface area contributed by atoms with Crippen molar-refractivity contribution >= 4 is 9.84 Å². The van der Waals surface area contributed by atoms with Gasteiger partial charge in [-0.25, -0.2) is 12.8 Å². The van der Waals surface area contributed by atoms with Crippen LogP contribution in [0.1, 0.15) is 5.56 Å². The fourth-order valence-electron chi connectivity index (χ4n) is 1.04. The van der Waals surface area contributed by atoms with Crippen molar-refractivity contribution in [3.8, 4) is 11.8 Å². The average molecular weight is 243 g/mol. The van der Waals surface area contributed by atoms with Crippen molar-refractivity contribution in [3.05, 3.63) is 29.6 Å². The molecule has 0 amide bonds. The van der Waals surface area contributed by atoms with E-state index in [1.165, 1.54) is 12.1 Å². The summed E-state index contributed by atoms with van der Waals surface area (Å²) in [5, 5.41) is 8.67. The molecule has 0 bridgehead atoms. The van der Waals surface area contributed by atoms with E-state index in [1.807, 2.05) is 0 Å². The van der Waals surface area contributed by atoms with Gasteiger partial charge in [0.1, 0.15) is 29.8 Å². The fraction of sp³-hybridized carbons (Fsp3) is 0.300. The Morgan fingerprint density at radius 3 is 2.75 bits per heavy atom.